The van der Waals surface area contributed by atoms with Crippen molar-refractivity contribution >= 4 is 21.9 Å². The van der Waals surface area contributed by atoms with Crippen LogP contribution in [0.2, 0.25) is 0 Å². The average Bonchev–Trinajstić information content (AvgIpc) is 3.10. The number of benzene rings is 1. The number of ether oxygens (including phenoxy) is 1. The molecule has 20 heavy (non-hydrogen) atoms. The molecule has 1 saturated carbocycles. The molecule has 0 bridgehead atoms. The third-order valence-corrected chi connectivity index (χ3v) is 4.05. The summed E-state index contributed by atoms with van der Waals surface area (Å²) < 4.78 is 19.9. The number of aliphatic carboxylic acids is 1. The van der Waals surface area contributed by atoms with Crippen LogP contribution in [0.1, 0.15) is 32.3 Å². The van der Waals surface area contributed by atoms with E-state index >= 15 is 0 Å². The van der Waals surface area contributed by atoms with Gasteiger partial charge in [0.15, 0.2) is 0 Å². The van der Waals surface area contributed by atoms with Gasteiger partial charge in [0.05, 0.1) is 16.5 Å². The number of carboxylic acids is 1. The Balaban J connectivity index is 2.26. The maximum Gasteiger partial charge on any atom is 0.309 e. The molecule has 0 spiro atoms. The van der Waals surface area contributed by atoms with E-state index in [0.717, 1.165) is 12.8 Å². The van der Waals surface area contributed by atoms with Gasteiger partial charge in [-0.05, 0) is 72.7 Å². The Kier molecular flexibility index (Phi) is 4.37. The predicted molar refractivity (Wildman–Crippen MR) is 77.4 cm³/mol. The molecule has 1 aliphatic carbocycles. The van der Waals surface area contributed by atoms with Crippen LogP contribution in [0.4, 0.5) is 4.39 Å². The van der Waals surface area contributed by atoms with Gasteiger partial charge in [-0.2, -0.15) is 0 Å². The summed E-state index contributed by atoms with van der Waals surface area (Å²) in [5, 5.41) is 9.21. The lowest BCUT2D eigenvalue weighted by atomic mass is 9.85. The monoisotopic (exact) mass is 344 g/mol. The molecular formula is C15H18BrFO3. The molecule has 0 amide bonds. The number of rotatable bonds is 6. The maximum atomic E-state index is 13.6. The molecule has 2 rings (SSSR count). The topological polar surface area (TPSA) is 46.5 Å². The highest BCUT2D eigenvalue weighted by Crippen LogP contribution is 2.37. The molecule has 110 valence electrons. The third kappa shape index (κ3) is 3.72. The SMILES string of the molecule is CC(C)(Cc1cc(F)cc(Br)c1OCC1CC1)C(=O)O. The van der Waals surface area contributed by atoms with Crippen molar-refractivity contribution in [2.24, 2.45) is 11.3 Å². The lowest BCUT2D eigenvalue weighted by Crippen LogP contribution is -2.26. The Hall–Kier alpha value is -1.10. The second-order valence-corrected chi connectivity index (χ2v) is 6.85. The molecule has 0 radical (unpaired) electrons. The van der Waals surface area contributed by atoms with Gasteiger partial charge in [-0.3, -0.25) is 4.79 Å². The Morgan fingerprint density at radius 1 is 1.50 bits per heavy atom. The van der Waals surface area contributed by atoms with Gasteiger partial charge < -0.3 is 9.84 Å². The summed E-state index contributed by atoms with van der Waals surface area (Å²) in [6.45, 7) is 3.85. The molecule has 1 N–H and O–H groups in total. The zero-order valence-corrected chi connectivity index (χ0v) is 13.2. The summed E-state index contributed by atoms with van der Waals surface area (Å²) >= 11 is 3.30. The van der Waals surface area contributed by atoms with E-state index in [1.807, 2.05) is 0 Å². The van der Waals surface area contributed by atoms with Gasteiger partial charge in [0.1, 0.15) is 11.6 Å². The molecule has 1 aromatic carbocycles. The van der Waals surface area contributed by atoms with E-state index in [0.29, 0.717) is 28.3 Å². The summed E-state index contributed by atoms with van der Waals surface area (Å²) in [5.41, 5.74) is -0.379. The van der Waals surface area contributed by atoms with Crippen LogP contribution in [0.15, 0.2) is 16.6 Å². The second kappa shape index (κ2) is 5.72. The van der Waals surface area contributed by atoms with Gasteiger partial charge in [0.2, 0.25) is 0 Å². The Morgan fingerprint density at radius 3 is 2.70 bits per heavy atom. The lowest BCUT2D eigenvalue weighted by Gasteiger charge is -2.21. The summed E-state index contributed by atoms with van der Waals surface area (Å²) in [7, 11) is 0. The van der Waals surface area contributed by atoms with E-state index in [1.165, 1.54) is 12.1 Å². The van der Waals surface area contributed by atoms with E-state index in [-0.39, 0.29) is 6.42 Å². The first kappa shape index (κ1) is 15.3. The highest BCUT2D eigenvalue weighted by molar-refractivity contribution is 9.10. The molecular weight excluding hydrogens is 327 g/mol. The summed E-state index contributed by atoms with van der Waals surface area (Å²) in [6, 6.07) is 2.71. The highest BCUT2D eigenvalue weighted by atomic mass is 79.9. The molecule has 5 heteroatoms. The Bertz CT molecular complexity index is 524. The number of halogens is 2. The summed E-state index contributed by atoms with van der Waals surface area (Å²) in [4.78, 5) is 11.2. The molecule has 0 aliphatic heterocycles. The van der Waals surface area contributed by atoms with Gasteiger partial charge in [-0.15, -0.1) is 0 Å². The molecule has 3 nitrogen and oxygen atoms in total. The molecule has 1 fully saturated rings. The van der Waals surface area contributed by atoms with Crippen molar-refractivity contribution < 1.29 is 19.0 Å². The third-order valence-electron chi connectivity index (χ3n) is 3.46. The molecule has 1 aliphatic rings. The van der Waals surface area contributed by atoms with E-state index in [9.17, 15) is 14.3 Å². The van der Waals surface area contributed by atoms with E-state index in [1.54, 1.807) is 13.8 Å². The van der Waals surface area contributed by atoms with Gasteiger partial charge in [-0.25, -0.2) is 4.39 Å². The largest absolute Gasteiger partial charge is 0.492 e. The van der Waals surface area contributed by atoms with E-state index in [2.05, 4.69) is 15.9 Å². The van der Waals surface area contributed by atoms with Crippen LogP contribution >= 0.6 is 15.9 Å². The van der Waals surface area contributed by atoms with Gasteiger partial charge in [0.25, 0.3) is 0 Å². The first-order valence-electron chi connectivity index (χ1n) is 6.64. The molecule has 0 unspecified atom stereocenters. The molecule has 0 atom stereocenters. The Labute approximate surface area is 126 Å². The first-order chi connectivity index (χ1) is 9.29. The van der Waals surface area contributed by atoms with Crippen LogP contribution < -0.4 is 4.74 Å². The lowest BCUT2D eigenvalue weighted by molar-refractivity contribution is -0.146. The van der Waals surface area contributed by atoms with E-state index in [4.69, 9.17) is 4.74 Å². The molecule has 0 aromatic heterocycles. The zero-order chi connectivity index (χ0) is 14.9. The minimum Gasteiger partial charge on any atom is -0.492 e. The zero-order valence-electron chi connectivity index (χ0n) is 11.6. The van der Waals surface area contributed by atoms with Crippen molar-refractivity contribution in [2.45, 2.75) is 33.1 Å². The summed E-state index contributed by atoms with van der Waals surface area (Å²) in [6.07, 6.45) is 2.54. The standard InChI is InChI=1S/C15H18BrFO3/c1-15(2,14(18)19)7-10-5-11(17)6-12(16)13(10)20-8-9-3-4-9/h5-6,9H,3-4,7-8H2,1-2H3,(H,18,19). The van der Waals surface area contributed by atoms with E-state index < -0.39 is 17.2 Å². The van der Waals surface area contributed by atoms with Crippen LogP contribution in [-0.4, -0.2) is 17.7 Å². The molecule has 0 saturated heterocycles. The fourth-order valence-corrected chi connectivity index (χ4v) is 2.53. The van der Waals surface area contributed by atoms with Crippen molar-refractivity contribution in [3.8, 4) is 5.75 Å². The van der Waals surface area contributed by atoms with Gasteiger partial charge >= 0.3 is 5.97 Å². The quantitative estimate of drug-likeness (QED) is 0.847. The maximum absolute atomic E-state index is 13.6. The highest BCUT2D eigenvalue weighted by Gasteiger charge is 2.30. The number of hydrogen-bond acceptors (Lipinski definition) is 2. The first-order valence-corrected chi connectivity index (χ1v) is 7.43. The van der Waals surface area contributed by atoms with Crippen molar-refractivity contribution in [1.29, 1.82) is 0 Å². The fraction of sp³-hybridized carbons (Fsp3) is 0.533. The number of hydrogen-bond donors (Lipinski definition) is 1. The van der Waals surface area contributed by atoms with Crippen LogP contribution in [-0.2, 0) is 11.2 Å². The minimum absolute atomic E-state index is 0.221. The summed E-state index contributed by atoms with van der Waals surface area (Å²) in [5.74, 6) is -0.169. The molecule has 0 heterocycles. The Morgan fingerprint density at radius 2 is 2.15 bits per heavy atom. The van der Waals surface area contributed by atoms with Crippen molar-refractivity contribution in [3.63, 3.8) is 0 Å². The van der Waals surface area contributed by atoms with Crippen LogP contribution in [0.5, 0.6) is 5.75 Å². The number of carbonyl (C=O) groups is 1. The number of carboxylic acid groups (broad SMARTS) is 1. The molecule has 1 aromatic rings. The van der Waals surface area contributed by atoms with Crippen LogP contribution in [0.3, 0.4) is 0 Å². The minimum atomic E-state index is -0.967. The van der Waals surface area contributed by atoms with Crippen LogP contribution in [0.25, 0.3) is 0 Å². The van der Waals surface area contributed by atoms with Crippen molar-refractivity contribution in [3.05, 3.63) is 28.0 Å². The smallest absolute Gasteiger partial charge is 0.309 e. The average molecular weight is 345 g/mol. The van der Waals surface area contributed by atoms with Crippen LogP contribution in [0, 0.1) is 17.2 Å². The second-order valence-electron chi connectivity index (χ2n) is 6.00. The predicted octanol–water partition coefficient (Wildman–Crippen LogP) is 4.03. The van der Waals surface area contributed by atoms with Gasteiger partial charge in [0, 0.05) is 0 Å². The normalized spacial score (nSPS) is 15.2. The fourth-order valence-electron chi connectivity index (χ4n) is 1.94. The van der Waals surface area contributed by atoms with Crippen molar-refractivity contribution in [1.82, 2.24) is 0 Å². The van der Waals surface area contributed by atoms with Gasteiger partial charge in [-0.1, -0.05) is 0 Å². The van der Waals surface area contributed by atoms with Crippen molar-refractivity contribution in [2.75, 3.05) is 6.61 Å².